The standard InChI is InChI=1S/C21H39NO6S2Si/c1-20(19-22(2)30(25,26)21-15-11-10-12-16-21)28-29(23,24)17-13-8-6-4-5-7-9-14-18-31-27-3/h10-12,15-16,20H,4-9,13-14,17-19,31H2,1-3H3. The Morgan fingerprint density at radius 3 is 2.03 bits per heavy atom. The van der Waals surface area contributed by atoms with Gasteiger partial charge in [0.05, 0.1) is 16.8 Å². The summed E-state index contributed by atoms with van der Waals surface area (Å²) in [5.74, 6) is -0.0336. The third-order valence-electron chi connectivity index (χ3n) is 5.02. The fourth-order valence-electron chi connectivity index (χ4n) is 3.32. The summed E-state index contributed by atoms with van der Waals surface area (Å²) in [5.41, 5.74) is 0. The van der Waals surface area contributed by atoms with Crippen molar-refractivity contribution in [2.45, 2.75) is 75.3 Å². The highest BCUT2D eigenvalue weighted by Gasteiger charge is 2.24. The second kappa shape index (κ2) is 15.1. The highest BCUT2D eigenvalue weighted by atomic mass is 32.2. The van der Waals surface area contributed by atoms with Gasteiger partial charge < -0.3 is 4.43 Å². The third kappa shape index (κ3) is 12.1. The largest absolute Gasteiger partial charge is 0.427 e. The highest BCUT2D eigenvalue weighted by molar-refractivity contribution is 7.89. The molecule has 0 aliphatic rings. The van der Waals surface area contributed by atoms with E-state index in [1.54, 1.807) is 32.2 Å². The van der Waals surface area contributed by atoms with E-state index < -0.39 is 26.2 Å². The Bertz CT molecular complexity index is 802. The molecule has 0 aliphatic carbocycles. The molecule has 0 aromatic heterocycles. The van der Waals surface area contributed by atoms with Crippen molar-refractivity contribution in [2.24, 2.45) is 0 Å². The first-order valence-electron chi connectivity index (χ1n) is 11.1. The van der Waals surface area contributed by atoms with Crippen LogP contribution in [-0.2, 0) is 28.8 Å². The van der Waals surface area contributed by atoms with Crippen LogP contribution in [0.25, 0.3) is 0 Å². The molecule has 1 aromatic carbocycles. The van der Waals surface area contributed by atoms with Crippen molar-refractivity contribution >= 4 is 29.9 Å². The van der Waals surface area contributed by atoms with Gasteiger partial charge in [0.2, 0.25) is 10.0 Å². The summed E-state index contributed by atoms with van der Waals surface area (Å²) in [7, 11) is -4.42. The molecule has 180 valence electrons. The van der Waals surface area contributed by atoms with Crippen molar-refractivity contribution < 1.29 is 25.4 Å². The second-order valence-corrected chi connectivity index (χ2v) is 13.4. The lowest BCUT2D eigenvalue weighted by molar-refractivity contribution is 0.202. The molecule has 1 rings (SSSR count). The smallest absolute Gasteiger partial charge is 0.267 e. The van der Waals surface area contributed by atoms with E-state index in [1.165, 1.54) is 50.9 Å². The van der Waals surface area contributed by atoms with E-state index in [0.29, 0.717) is 6.42 Å². The number of hydrogen-bond donors (Lipinski definition) is 0. The fourth-order valence-corrected chi connectivity index (χ4v) is 6.65. The van der Waals surface area contributed by atoms with E-state index in [1.807, 2.05) is 0 Å². The van der Waals surface area contributed by atoms with Gasteiger partial charge in [-0.15, -0.1) is 0 Å². The number of unbranched alkanes of at least 4 members (excludes halogenated alkanes) is 7. The first-order chi connectivity index (χ1) is 14.7. The average molecular weight is 494 g/mol. The molecule has 10 heteroatoms. The molecule has 7 nitrogen and oxygen atoms in total. The molecular formula is C21H39NO6S2Si. The molecule has 0 aliphatic heterocycles. The second-order valence-electron chi connectivity index (χ2n) is 7.94. The molecule has 0 fully saturated rings. The molecule has 0 bridgehead atoms. The summed E-state index contributed by atoms with van der Waals surface area (Å²) in [5, 5.41) is 0. The minimum Gasteiger partial charge on any atom is -0.427 e. The predicted molar refractivity (Wildman–Crippen MR) is 128 cm³/mol. The van der Waals surface area contributed by atoms with Crippen LogP contribution in [0.2, 0.25) is 6.04 Å². The molecule has 0 saturated heterocycles. The zero-order valence-electron chi connectivity index (χ0n) is 19.2. The van der Waals surface area contributed by atoms with E-state index >= 15 is 0 Å². The highest BCUT2D eigenvalue weighted by Crippen LogP contribution is 2.16. The Hall–Kier alpha value is -0.783. The molecule has 0 spiro atoms. The first-order valence-corrected chi connectivity index (χ1v) is 15.7. The van der Waals surface area contributed by atoms with Crippen LogP contribution < -0.4 is 0 Å². The number of likely N-dealkylation sites (N-methyl/N-ethyl adjacent to an activating group) is 1. The zero-order valence-corrected chi connectivity index (χ0v) is 22.2. The summed E-state index contributed by atoms with van der Waals surface area (Å²) in [6.07, 6.45) is 7.75. The molecule has 1 atom stereocenters. The molecule has 0 N–H and O–H groups in total. The molecular weight excluding hydrogens is 454 g/mol. The van der Waals surface area contributed by atoms with Crippen LogP contribution in [0.15, 0.2) is 35.2 Å². The van der Waals surface area contributed by atoms with E-state index in [4.69, 9.17) is 8.61 Å². The Morgan fingerprint density at radius 2 is 1.45 bits per heavy atom. The van der Waals surface area contributed by atoms with Gasteiger partial charge in [0.25, 0.3) is 10.1 Å². The SMILES string of the molecule is CO[SiH2]CCCCCCCCCCS(=O)(=O)OC(C)CN(C)S(=O)(=O)c1ccccc1. The molecule has 0 amide bonds. The van der Waals surface area contributed by atoms with Crippen molar-refractivity contribution in [3.8, 4) is 0 Å². The first kappa shape index (κ1) is 28.2. The number of rotatable bonds is 18. The van der Waals surface area contributed by atoms with Gasteiger partial charge in [0, 0.05) is 20.7 Å². The molecule has 1 unspecified atom stereocenters. The summed E-state index contributed by atoms with van der Waals surface area (Å²) < 4.78 is 61.0. The van der Waals surface area contributed by atoms with E-state index in [0.717, 1.165) is 23.6 Å². The molecule has 31 heavy (non-hydrogen) atoms. The normalized spacial score (nSPS) is 13.9. The number of hydrogen-bond acceptors (Lipinski definition) is 6. The molecule has 0 radical (unpaired) electrons. The number of nitrogens with zero attached hydrogens (tertiary/aromatic N) is 1. The molecule has 1 aromatic rings. The molecule has 0 saturated carbocycles. The van der Waals surface area contributed by atoms with Crippen LogP contribution in [0.5, 0.6) is 0 Å². The quantitative estimate of drug-likeness (QED) is 0.177. The average Bonchev–Trinajstić information content (AvgIpc) is 2.72. The maximum absolute atomic E-state index is 12.5. The van der Waals surface area contributed by atoms with Gasteiger partial charge in [-0.1, -0.05) is 63.1 Å². The zero-order chi connectivity index (χ0) is 23.2. The van der Waals surface area contributed by atoms with Crippen molar-refractivity contribution in [2.75, 3.05) is 26.5 Å². The fraction of sp³-hybridized carbons (Fsp3) is 0.714. The van der Waals surface area contributed by atoms with Gasteiger partial charge in [-0.3, -0.25) is 4.18 Å². The van der Waals surface area contributed by atoms with Crippen molar-refractivity contribution in [3.05, 3.63) is 30.3 Å². The topological polar surface area (TPSA) is 90.0 Å². The van der Waals surface area contributed by atoms with E-state index in [2.05, 4.69) is 0 Å². The van der Waals surface area contributed by atoms with Crippen molar-refractivity contribution in [3.63, 3.8) is 0 Å². The van der Waals surface area contributed by atoms with E-state index in [9.17, 15) is 16.8 Å². The lowest BCUT2D eigenvalue weighted by Gasteiger charge is -2.21. The van der Waals surface area contributed by atoms with Crippen molar-refractivity contribution in [1.29, 1.82) is 0 Å². The van der Waals surface area contributed by atoms with Crippen LogP contribution in [0.3, 0.4) is 0 Å². The van der Waals surface area contributed by atoms with Gasteiger partial charge in [-0.2, -0.15) is 12.7 Å². The van der Waals surface area contributed by atoms with Gasteiger partial charge >= 0.3 is 0 Å². The maximum atomic E-state index is 12.5. The lowest BCUT2D eigenvalue weighted by atomic mass is 10.1. The van der Waals surface area contributed by atoms with Crippen LogP contribution in [-0.4, -0.2) is 63.5 Å². The van der Waals surface area contributed by atoms with Crippen LogP contribution in [0, 0.1) is 0 Å². The maximum Gasteiger partial charge on any atom is 0.267 e. The monoisotopic (exact) mass is 493 g/mol. The van der Waals surface area contributed by atoms with E-state index in [-0.39, 0.29) is 27.0 Å². The minimum absolute atomic E-state index is 0.0336. The number of benzene rings is 1. The Morgan fingerprint density at radius 1 is 0.903 bits per heavy atom. The Balaban J connectivity index is 2.23. The summed E-state index contributed by atoms with van der Waals surface area (Å²) in [4.78, 5) is 0.171. The predicted octanol–water partition coefficient (Wildman–Crippen LogP) is 3.31. The van der Waals surface area contributed by atoms with Gasteiger partial charge in [0.15, 0.2) is 9.76 Å². The Kier molecular flexibility index (Phi) is 13.8. The van der Waals surface area contributed by atoms with Crippen LogP contribution >= 0.6 is 0 Å². The summed E-state index contributed by atoms with van der Waals surface area (Å²) >= 11 is 0. The van der Waals surface area contributed by atoms with Crippen LogP contribution in [0.1, 0.15) is 58.3 Å². The Labute approximate surface area is 191 Å². The van der Waals surface area contributed by atoms with Crippen molar-refractivity contribution in [1.82, 2.24) is 4.31 Å². The molecule has 0 heterocycles. The summed E-state index contributed by atoms with van der Waals surface area (Å²) in [6.45, 7) is 1.53. The van der Waals surface area contributed by atoms with Gasteiger partial charge in [-0.25, -0.2) is 8.42 Å². The lowest BCUT2D eigenvalue weighted by Crippen LogP contribution is -2.35. The summed E-state index contributed by atoms with van der Waals surface area (Å²) in [6, 6.07) is 9.31. The van der Waals surface area contributed by atoms with Gasteiger partial charge in [0.1, 0.15) is 0 Å². The van der Waals surface area contributed by atoms with Gasteiger partial charge in [-0.05, 0) is 31.5 Å². The third-order valence-corrected chi connectivity index (χ3v) is 9.46. The minimum atomic E-state index is -3.68. The number of sulfonamides is 1. The van der Waals surface area contributed by atoms with Crippen LogP contribution in [0.4, 0.5) is 0 Å².